The Balaban J connectivity index is -0.0000000250. The Kier molecular flexibility index (Phi) is 76.6. The fourth-order valence-corrected chi connectivity index (χ4v) is 0. The Labute approximate surface area is 167 Å². The SMILES string of the molecule is O=S([O-])[O-].O=S([O-])[O-].O=S([O-])[O-].O=S([O-])[O-].O=S([O-])[O-].[Nb+5].[Nb+5]. The maximum absolute atomic E-state index is 8.44. The molecule has 0 aromatic rings. The summed E-state index contributed by atoms with van der Waals surface area (Å²) in [7, 11) is 0. The molecule has 0 bridgehead atoms. The van der Waals surface area contributed by atoms with Gasteiger partial charge >= 0.3 is 44.8 Å². The average molecular weight is 586 g/mol. The molecule has 22 heavy (non-hydrogen) atoms. The van der Waals surface area contributed by atoms with E-state index >= 15 is 0 Å². The third-order valence-corrected chi connectivity index (χ3v) is 0. The van der Waals surface area contributed by atoms with Crippen molar-refractivity contribution in [2.75, 3.05) is 0 Å². The number of hydrogen-bond acceptors (Lipinski definition) is 15. The van der Waals surface area contributed by atoms with Crippen LogP contribution in [0.15, 0.2) is 0 Å². The molecule has 0 atom stereocenters. The van der Waals surface area contributed by atoms with E-state index in [1.807, 2.05) is 0 Å². The van der Waals surface area contributed by atoms with Crippen LogP contribution in [-0.4, -0.2) is 66.6 Å². The first-order valence-corrected chi connectivity index (χ1v) is 7.50. The van der Waals surface area contributed by atoms with Crippen LogP contribution >= 0.6 is 0 Å². The molecule has 0 aliphatic carbocycles. The van der Waals surface area contributed by atoms with Gasteiger partial charge in [-0.3, -0.25) is 21.0 Å². The largest absolute Gasteiger partial charge is 5.00 e. The van der Waals surface area contributed by atoms with Crippen molar-refractivity contribution in [3.63, 3.8) is 0 Å². The molecule has 0 aromatic heterocycles. The van der Waals surface area contributed by atoms with Crippen molar-refractivity contribution in [3.8, 4) is 0 Å². The predicted molar refractivity (Wildman–Crippen MR) is 48.5 cm³/mol. The van der Waals surface area contributed by atoms with Crippen LogP contribution in [0.2, 0.25) is 0 Å². The van der Waals surface area contributed by atoms with Crippen LogP contribution in [0.25, 0.3) is 0 Å². The summed E-state index contributed by atoms with van der Waals surface area (Å²) in [6.07, 6.45) is 0. The van der Waals surface area contributed by atoms with Gasteiger partial charge in [0.25, 0.3) is 0 Å². The van der Waals surface area contributed by atoms with Crippen molar-refractivity contribution < 1.29 is 111 Å². The molecule has 0 saturated heterocycles. The van der Waals surface area contributed by atoms with E-state index in [0.717, 1.165) is 0 Å². The van der Waals surface area contributed by atoms with E-state index in [2.05, 4.69) is 0 Å². The van der Waals surface area contributed by atoms with Gasteiger partial charge in [-0.2, -0.15) is 0 Å². The van der Waals surface area contributed by atoms with Gasteiger partial charge in [0, 0.05) is 0 Å². The Morgan fingerprint density at radius 1 is 0.318 bits per heavy atom. The van der Waals surface area contributed by atoms with Gasteiger partial charge in [0.1, 0.15) is 0 Å². The first kappa shape index (κ1) is 43.9. The van der Waals surface area contributed by atoms with Crippen LogP contribution < -0.4 is 0 Å². The second-order valence-corrected chi connectivity index (χ2v) is 3.06. The zero-order chi connectivity index (χ0) is 17.9. The monoisotopic (exact) mass is 586 g/mol. The van der Waals surface area contributed by atoms with Crippen molar-refractivity contribution in [2.45, 2.75) is 0 Å². The molecular formula is Nb2O15S5. The van der Waals surface area contributed by atoms with Gasteiger partial charge in [-0.1, -0.05) is 0 Å². The zero-order valence-electron chi connectivity index (χ0n) is 9.06. The Morgan fingerprint density at radius 3 is 0.318 bits per heavy atom. The molecule has 130 valence electrons. The second-order valence-electron chi connectivity index (χ2n) is 1.02. The van der Waals surface area contributed by atoms with E-state index in [9.17, 15) is 0 Å². The van der Waals surface area contributed by atoms with Gasteiger partial charge in [0.05, 0.1) is 0 Å². The molecule has 0 spiro atoms. The maximum atomic E-state index is 8.44. The zero-order valence-corrected chi connectivity index (χ0v) is 17.5. The fourth-order valence-electron chi connectivity index (χ4n) is 0. The topological polar surface area (TPSA) is 316 Å². The van der Waals surface area contributed by atoms with E-state index in [1.54, 1.807) is 0 Å². The van der Waals surface area contributed by atoms with E-state index in [0.29, 0.717) is 0 Å². The van der Waals surface area contributed by atoms with Gasteiger partial charge in [0.2, 0.25) is 0 Å². The molecule has 0 heterocycles. The quantitative estimate of drug-likeness (QED) is 0.189. The maximum Gasteiger partial charge on any atom is 5.00 e. The second kappa shape index (κ2) is 38.4. The van der Waals surface area contributed by atoms with Crippen LogP contribution in [0.1, 0.15) is 0 Å². The van der Waals surface area contributed by atoms with Crippen LogP contribution in [0.5, 0.6) is 0 Å². The molecule has 0 saturated carbocycles. The molecule has 22 heteroatoms. The van der Waals surface area contributed by atoms with Crippen LogP contribution in [0, 0.1) is 0 Å². The van der Waals surface area contributed by atoms with E-state index in [4.69, 9.17) is 66.6 Å². The first-order valence-electron chi connectivity index (χ1n) is 2.50. The van der Waals surface area contributed by atoms with Gasteiger partial charge in [0.15, 0.2) is 0 Å². The van der Waals surface area contributed by atoms with Crippen molar-refractivity contribution in [1.29, 1.82) is 0 Å². The van der Waals surface area contributed by atoms with Gasteiger partial charge in [-0.15, -0.1) is 56.8 Å². The van der Waals surface area contributed by atoms with Gasteiger partial charge in [-0.05, 0) is 0 Å². The van der Waals surface area contributed by atoms with E-state index < -0.39 is 56.8 Å². The van der Waals surface area contributed by atoms with Crippen LogP contribution in [0.3, 0.4) is 0 Å². The molecule has 0 N–H and O–H groups in total. The standard InChI is InChI=1S/2Nb.5H2O3S/c;;5*1-4(2)3/h;;5*(H2,1,2,3)/q2*+5;;;;;/p-10. The van der Waals surface area contributed by atoms with Crippen LogP contribution in [-0.2, 0) is 102 Å². The summed E-state index contributed by atoms with van der Waals surface area (Å²) in [5, 5.41) is 0. The summed E-state index contributed by atoms with van der Waals surface area (Å²) in [6.45, 7) is 0. The summed E-state index contributed by atoms with van der Waals surface area (Å²) in [5.41, 5.74) is 0. The number of hydrogen-bond donors (Lipinski definition) is 0. The Bertz CT molecular complexity index is 211. The minimum atomic E-state index is -3.11. The summed E-state index contributed by atoms with van der Waals surface area (Å²) >= 11 is -15.6. The van der Waals surface area contributed by atoms with Crippen LogP contribution in [0.4, 0.5) is 0 Å². The molecule has 0 radical (unpaired) electrons. The van der Waals surface area contributed by atoms with Crippen molar-refractivity contribution >= 4 is 56.8 Å². The normalized spacial score (nSPS) is 7.95. The summed E-state index contributed by atoms with van der Waals surface area (Å²) < 4.78 is 127. The van der Waals surface area contributed by atoms with Crippen molar-refractivity contribution in [2.24, 2.45) is 0 Å². The Hall–Kier alpha value is 1.83. The molecule has 0 amide bonds. The third kappa shape index (κ3) is 2830. The fraction of sp³-hybridized carbons (Fsp3) is 0. The van der Waals surface area contributed by atoms with E-state index in [1.165, 1.54) is 0 Å². The molecule has 0 aliphatic rings. The van der Waals surface area contributed by atoms with Gasteiger partial charge in [-0.25, -0.2) is 0 Å². The first-order chi connectivity index (χ1) is 8.66. The predicted octanol–water partition coefficient (Wildman–Crippen LogP) is -5.03. The molecule has 0 aromatic carbocycles. The summed E-state index contributed by atoms with van der Waals surface area (Å²) in [5.74, 6) is 0. The minimum Gasteiger partial charge on any atom is -0.784 e. The minimum absolute atomic E-state index is 0. The molecular weight excluding hydrogens is 586 g/mol. The molecule has 15 nitrogen and oxygen atoms in total. The molecule has 0 rings (SSSR count). The summed E-state index contributed by atoms with van der Waals surface area (Å²) in [6, 6.07) is 0. The van der Waals surface area contributed by atoms with Crippen molar-refractivity contribution in [3.05, 3.63) is 0 Å². The molecule has 0 unspecified atom stereocenters. The van der Waals surface area contributed by atoms with Crippen molar-refractivity contribution in [1.82, 2.24) is 0 Å². The van der Waals surface area contributed by atoms with E-state index in [-0.39, 0.29) is 44.8 Å². The molecule has 0 aliphatic heterocycles. The molecule has 0 fully saturated rings. The number of rotatable bonds is 0. The smallest absolute Gasteiger partial charge is 0.784 e. The summed E-state index contributed by atoms with van der Waals surface area (Å²) in [4.78, 5) is 0. The average Bonchev–Trinajstić information content (AvgIpc) is 1.94. The Morgan fingerprint density at radius 2 is 0.318 bits per heavy atom. The van der Waals surface area contributed by atoms with Gasteiger partial charge < -0.3 is 45.5 Å². The third-order valence-electron chi connectivity index (χ3n) is 0.